The van der Waals surface area contributed by atoms with Crippen LogP contribution in [0.25, 0.3) is 16.4 Å². The van der Waals surface area contributed by atoms with Gasteiger partial charge in [-0.1, -0.05) is 12.1 Å². The number of fused-ring (bicyclic) bond motifs is 2. The number of carbonyl (C=O) groups excluding carboxylic acids is 1. The average Bonchev–Trinajstić information content (AvgIpc) is 3.38. The molecule has 0 bridgehead atoms. The lowest BCUT2D eigenvalue weighted by Crippen LogP contribution is -2.17. The monoisotopic (exact) mass is 445 g/mol. The van der Waals surface area contributed by atoms with Crippen molar-refractivity contribution < 1.29 is 13.9 Å². The third-order valence-corrected chi connectivity index (χ3v) is 5.17. The number of carbonyl (C=O) groups is 1. The number of hydrogen-bond donors (Lipinski definition) is 2. The number of ether oxygens (including phenoxy) is 1. The molecule has 33 heavy (non-hydrogen) atoms. The summed E-state index contributed by atoms with van der Waals surface area (Å²) < 4.78 is 22.4. The average molecular weight is 445 g/mol. The Balaban J connectivity index is 1.40. The summed E-state index contributed by atoms with van der Waals surface area (Å²) in [5.74, 6) is -0.199. The van der Waals surface area contributed by atoms with Crippen molar-refractivity contribution in [1.29, 1.82) is 0 Å². The van der Waals surface area contributed by atoms with Crippen molar-refractivity contribution in [3.8, 4) is 0 Å². The second-order valence-electron chi connectivity index (χ2n) is 7.53. The van der Waals surface area contributed by atoms with E-state index in [0.29, 0.717) is 12.4 Å². The van der Waals surface area contributed by atoms with Crippen LogP contribution in [0.1, 0.15) is 11.1 Å². The minimum atomic E-state index is -0.528. The first kappa shape index (κ1) is 20.6. The topological polar surface area (TPSA) is 112 Å². The van der Waals surface area contributed by atoms with E-state index in [2.05, 4.69) is 20.5 Å². The number of nitrogens with one attached hydrogen (secondary N) is 1. The summed E-state index contributed by atoms with van der Waals surface area (Å²) in [7, 11) is 0. The van der Waals surface area contributed by atoms with Gasteiger partial charge in [-0.05, 0) is 42.0 Å². The molecule has 0 saturated carbocycles. The van der Waals surface area contributed by atoms with Crippen LogP contribution in [-0.4, -0.2) is 36.9 Å². The fourth-order valence-corrected chi connectivity index (χ4v) is 3.72. The second kappa shape index (κ2) is 8.67. The number of nitrogens with zero attached hydrogens (tertiary/aromatic N) is 5. The van der Waals surface area contributed by atoms with E-state index in [1.54, 1.807) is 23.0 Å². The summed E-state index contributed by atoms with van der Waals surface area (Å²) in [5, 5.41) is 12.9. The van der Waals surface area contributed by atoms with Gasteiger partial charge >= 0.3 is 0 Å². The maximum absolute atomic E-state index is 13.5. The molecule has 9 nitrogen and oxygen atoms in total. The highest BCUT2D eigenvalue weighted by Gasteiger charge is 2.12. The van der Waals surface area contributed by atoms with Gasteiger partial charge < -0.3 is 15.8 Å². The highest BCUT2D eigenvalue weighted by atomic mass is 19.1. The zero-order valence-corrected chi connectivity index (χ0v) is 17.5. The van der Waals surface area contributed by atoms with Crippen LogP contribution >= 0.6 is 0 Å². The van der Waals surface area contributed by atoms with Crippen molar-refractivity contribution in [2.75, 3.05) is 11.9 Å². The van der Waals surface area contributed by atoms with Gasteiger partial charge in [0.05, 0.1) is 24.9 Å². The van der Waals surface area contributed by atoms with Crippen molar-refractivity contribution in [2.24, 2.45) is 5.73 Å². The molecular formula is C23H20FN7O2. The summed E-state index contributed by atoms with van der Waals surface area (Å²) in [6.07, 6.45) is 5.03. The van der Waals surface area contributed by atoms with Crippen LogP contribution in [0.3, 0.4) is 0 Å². The van der Waals surface area contributed by atoms with Gasteiger partial charge in [-0.25, -0.2) is 13.9 Å². The van der Waals surface area contributed by atoms with Crippen LogP contribution in [-0.2, 0) is 22.7 Å². The van der Waals surface area contributed by atoms with E-state index < -0.39 is 5.91 Å². The largest absolute Gasteiger partial charge is 0.368 e. The second-order valence-corrected chi connectivity index (χ2v) is 7.53. The van der Waals surface area contributed by atoms with Gasteiger partial charge in [-0.15, -0.1) is 0 Å². The zero-order chi connectivity index (χ0) is 22.8. The van der Waals surface area contributed by atoms with E-state index in [1.807, 2.05) is 35.0 Å². The van der Waals surface area contributed by atoms with Crippen LogP contribution in [0, 0.1) is 5.82 Å². The van der Waals surface area contributed by atoms with Crippen LogP contribution in [0.4, 0.5) is 15.9 Å². The number of nitrogens with two attached hydrogens (primary N) is 1. The molecule has 0 fully saturated rings. The molecular weight excluding hydrogens is 425 g/mol. The molecule has 2 aromatic carbocycles. The number of hydrogen-bond acceptors (Lipinski definition) is 6. The molecule has 166 valence electrons. The van der Waals surface area contributed by atoms with Crippen LogP contribution in [0.15, 0.2) is 67.3 Å². The number of anilines is 2. The smallest absolute Gasteiger partial charge is 0.243 e. The summed E-state index contributed by atoms with van der Waals surface area (Å²) >= 11 is 0. The minimum absolute atomic E-state index is 0.163. The lowest BCUT2D eigenvalue weighted by atomic mass is 10.2. The number of amides is 1. The molecule has 10 heteroatoms. The summed E-state index contributed by atoms with van der Waals surface area (Å²) in [6.45, 7) is 0.511. The predicted octanol–water partition coefficient (Wildman–Crippen LogP) is 3.01. The Bertz CT molecular complexity index is 1460. The third kappa shape index (κ3) is 4.37. The fourth-order valence-electron chi connectivity index (χ4n) is 3.72. The van der Waals surface area contributed by atoms with Crippen LogP contribution in [0.2, 0.25) is 0 Å². The summed E-state index contributed by atoms with van der Waals surface area (Å²) in [5.41, 5.74) is 9.29. The van der Waals surface area contributed by atoms with E-state index in [4.69, 9.17) is 10.5 Å². The number of halogens is 1. The van der Waals surface area contributed by atoms with Crippen LogP contribution < -0.4 is 11.1 Å². The van der Waals surface area contributed by atoms with Gasteiger partial charge in [-0.3, -0.25) is 9.48 Å². The first-order chi connectivity index (χ1) is 16.1. The summed E-state index contributed by atoms with van der Waals surface area (Å²) in [4.78, 5) is 15.3. The molecule has 1 amide bonds. The maximum atomic E-state index is 13.5. The van der Waals surface area contributed by atoms with E-state index in [0.717, 1.165) is 33.2 Å². The Morgan fingerprint density at radius 2 is 2.06 bits per heavy atom. The fraction of sp³-hybridized carbons (Fsp3) is 0.130. The molecule has 5 rings (SSSR count). The van der Waals surface area contributed by atoms with Gasteiger partial charge in [0, 0.05) is 22.8 Å². The highest BCUT2D eigenvalue weighted by molar-refractivity contribution is 5.85. The number of aromatic nitrogens is 5. The normalized spacial score (nSPS) is 11.3. The van der Waals surface area contributed by atoms with Crippen LogP contribution in [0.5, 0.6) is 0 Å². The van der Waals surface area contributed by atoms with E-state index in [1.165, 1.54) is 18.5 Å². The first-order valence-corrected chi connectivity index (χ1v) is 10.2. The van der Waals surface area contributed by atoms with E-state index >= 15 is 0 Å². The van der Waals surface area contributed by atoms with Crippen molar-refractivity contribution >= 4 is 33.8 Å². The molecule has 3 N–H and O–H groups in total. The quantitative estimate of drug-likeness (QED) is 0.380. The molecule has 0 saturated heterocycles. The predicted molar refractivity (Wildman–Crippen MR) is 120 cm³/mol. The standard InChI is InChI=1S/C23H20FN7O2/c24-18-3-1-2-15(8-18)11-31-20-5-4-19(9-17(20)10-27-31)29-23-22-16(12-33-13-21(25)32)6-7-30(22)28-14-26-23/h1-10,14H,11-13H2,(H2,25,32)(H,26,28,29). The molecule has 3 aromatic heterocycles. The minimum Gasteiger partial charge on any atom is -0.368 e. The Hall–Kier alpha value is -4.31. The number of primary amides is 1. The molecule has 0 atom stereocenters. The molecule has 0 radical (unpaired) electrons. The SMILES string of the molecule is NC(=O)COCc1ccn2ncnc(Nc3ccc4c(cnn4Cc4cccc(F)c4)c3)c12. The first-order valence-electron chi connectivity index (χ1n) is 10.2. The van der Waals surface area contributed by atoms with Gasteiger partial charge in [0.15, 0.2) is 5.82 Å². The molecule has 0 aliphatic heterocycles. The van der Waals surface area contributed by atoms with Gasteiger partial charge in [0.25, 0.3) is 0 Å². The van der Waals surface area contributed by atoms with Crippen molar-refractivity contribution in [1.82, 2.24) is 24.4 Å². The highest BCUT2D eigenvalue weighted by Crippen LogP contribution is 2.26. The lowest BCUT2D eigenvalue weighted by molar-refractivity contribution is -0.122. The third-order valence-electron chi connectivity index (χ3n) is 5.17. The van der Waals surface area contributed by atoms with Gasteiger partial charge in [0.1, 0.15) is 24.3 Å². The molecule has 0 spiro atoms. The van der Waals surface area contributed by atoms with Gasteiger partial charge in [-0.2, -0.15) is 10.2 Å². The Morgan fingerprint density at radius 1 is 1.15 bits per heavy atom. The number of rotatable bonds is 8. The molecule has 0 unspecified atom stereocenters. The molecule has 0 aliphatic rings. The van der Waals surface area contributed by atoms with Crippen molar-refractivity contribution in [3.05, 3.63) is 84.2 Å². The van der Waals surface area contributed by atoms with Crippen molar-refractivity contribution in [3.63, 3.8) is 0 Å². The van der Waals surface area contributed by atoms with Gasteiger partial charge in [0.2, 0.25) is 5.91 Å². The Labute approximate surface area is 187 Å². The lowest BCUT2D eigenvalue weighted by Gasteiger charge is -2.10. The van der Waals surface area contributed by atoms with Crippen molar-refractivity contribution in [2.45, 2.75) is 13.2 Å². The Morgan fingerprint density at radius 3 is 2.91 bits per heavy atom. The van der Waals surface area contributed by atoms with E-state index in [9.17, 15) is 9.18 Å². The van der Waals surface area contributed by atoms with E-state index in [-0.39, 0.29) is 19.0 Å². The summed E-state index contributed by atoms with van der Waals surface area (Å²) in [6, 6.07) is 14.2. The molecule has 3 heterocycles. The molecule has 0 aliphatic carbocycles. The molecule has 5 aromatic rings. The Kier molecular flexibility index (Phi) is 5.41. The zero-order valence-electron chi connectivity index (χ0n) is 17.5. The maximum Gasteiger partial charge on any atom is 0.243 e. The number of benzene rings is 2.